The van der Waals surface area contributed by atoms with E-state index in [1.807, 2.05) is 6.92 Å². The Morgan fingerprint density at radius 2 is 2.23 bits per heavy atom. The molecule has 0 saturated carbocycles. The summed E-state index contributed by atoms with van der Waals surface area (Å²) in [6.45, 7) is 3.05. The van der Waals surface area contributed by atoms with Crippen LogP contribution in [0.2, 0.25) is 5.02 Å². The predicted octanol–water partition coefficient (Wildman–Crippen LogP) is 2.94. The minimum atomic E-state index is -0.192. The molecule has 0 aliphatic carbocycles. The molecule has 5 nitrogen and oxygen atoms in total. The molecule has 1 unspecified atom stereocenters. The fourth-order valence-electron chi connectivity index (χ4n) is 2.60. The second-order valence-corrected chi connectivity index (χ2v) is 5.77. The molecule has 1 heterocycles. The van der Waals surface area contributed by atoms with Gasteiger partial charge in [0.15, 0.2) is 0 Å². The number of carbonyl (C=O) groups is 2. The van der Waals surface area contributed by atoms with Crippen LogP contribution in [0.1, 0.15) is 26.2 Å². The summed E-state index contributed by atoms with van der Waals surface area (Å²) in [6, 6.07) is 5.12. The van der Waals surface area contributed by atoms with Crippen molar-refractivity contribution in [3.63, 3.8) is 0 Å². The summed E-state index contributed by atoms with van der Waals surface area (Å²) in [5.74, 6) is 0.448. The SMILES string of the molecule is CCC(=O)N1CCCC(C(=O)Nc2ccc(OC)cc2Cl)C1. The smallest absolute Gasteiger partial charge is 0.229 e. The molecule has 1 N–H and O–H groups in total. The summed E-state index contributed by atoms with van der Waals surface area (Å²) in [5.41, 5.74) is 0.561. The van der Waals surface area contributed by atoms with E-state index in [1.165, 1.54) is 0 Å². The number of methoxy groups -OCH3 is 1. The summed E-state index contributed by atoms with van der Waals surface area (Å²) >= 11 is 6.13. The van der Waals surface area contributed by atoms with E-state index in [0.717, 1.165) is 19.4 Å². The van der Waals surface area contributed by atoms with Gasteiger partial charge in [0.05, 0.1) is 23.7 Å². The molecule has 2 rings (SSSR count). The minimum absolute atomic E-state index is 0.0966. The van der Waals surface area contributed by atoms with Crippen LogP contribution in [0.15, 0.2) is 18.2 Å². The molecule has 2 amide bonds. The fourth-order valence-corrected chi connectivity index (χ4v) is 2.82. The van der Waals surface area contributed by atoms with E-state index in [0.29, 0.717) is 29.4 Å². The Morgan fingerprint density at radius 3 is 2.86 bits per heavy atom. The van der Waals surface area contributed by atoms with Crippen LogP contribution in [-0.2, 0) is 9.59 Å². The minimum Gasteiger partial charge on any atom is -0.497 e. The van der Waals surface area contributed by atoms with Gasteiger partial charge in [0.1, 0.15) is 5.75 Å². The maximum absolute atomic E-state index is 12.4. The van der Waals surface area contributed by atoms with Gasteiger partial charge in [-0.2, -0.15) is 0 Å². The highest BCUT2D eigenvalue weighted by Crippen LogP contribution is 2.28. The van der Waals surface area contributed by atoms with E-state index < -0.39 is 0 Å². The van der Waals surface area contributed by atoms with Crippen molar-refractivity contribution in [1.29, 1.82) is 0 Å². The van der Waals surface area contributed by atoms with Crippen LogP contribution in [0, 0.1) is 5.92 Å². The highest BCUT2D eigenvalue weighted by molar-refractivity contribution is 6.33. The zero-order chi connectivity index (χ0) is 16.1. The molecule has 1 aliphatic rings. The predicted molar refractivity (Wildman–Crippen MR) is 86.2 cm³/mol. The number of ether oxygens (including phenoxy) is 1. The summed E-state index contributed by atoms with van der Waals surface area (Å²) < 4.78 is 5.08. The number of rotatable bonds is 4. The fraction of sp³-hybridized carbons (Fsp3) is 0.500. The third-order valence-electron chi connectivity index (χ3n) is 3.88. The molecule has 1 saturated heterocycles. The topological polar surface area (TPSA) is 58.6 Å². The standard InChI is InChI=1S/C16H21ClN2O3/c1-3-15(20)19-8-4-5-11(10-19)16(21)18-14-7-6-12(22-2)9-13(14)17/h6-7,9,11H,3-5,8,10H2,1-2H3,(H,18,21). The van der Waals surface area contributed by atoms with Crippen molar-refractivity contribution in [1.82, 2.24) is 4.90 Å². The van der Waals surface area contributed by atoms with E-state index >= 15 is 0 Å². The van der Waals surface area contributed by atoms with Crippen molar-refractivity contribution in [2.24, 2.45) is 5.92 Å². The Bertz CT molecular complexity index is 562. The van der Waals surface area contributed by atoms with Gasteiger partial charge >= 0.3 is 0 Å². The summed E-state index contributed by atoms with van der Waals surface area (Å²) in [7, 11) is 1.56. The van der Waals surface area contributed by atoms with E-state index in [-0.39, 0.29) is 17.7 Å². The van der Waals surface area contributed by atoms with E-state index in [9.17, 15) is 9.59 Å². The van der Waals surface area contributed by atoms with Crippen molar-refractivity contribution in [2.45, 2.75) is 26.2 Å². The zero-order valence-electron chi connectivity index (χ0n) is 12.9. The number of likely N-dealkylation sites (tertiary alicyclic amines) is 1. The Balaban J connectivity index is 2.01. The van der Waals surface area contributed by atoms with E-state index in [1.54, 1.807) is 30.2 Å². The quantitative estimate of drug-likeness (QED) is 0.926. The van der Waals surface area contributed by atoms with Crippen molar-refractivity contribution in [2.75, 3.05) is 25.5 Å². The number of nitrogens with zero attached hydrogens (tertiary/aromatic N) is 1. The largest absolute Gasteiger partial charge is 0.497 e. The van der Waals surface area contributed by atoms with Crippen molar-refractivity contribution < 1.29 is 14.3 Å². The van der Waals surface area contributed by atoms with Gasteiger partial charge in [-0.3, -0.25) is 9.59 Å². The summed E-state index contributed by atoms with van der Waals surface area (Å²) in [6.07, 6.45) is 2.10. The first-order chi connectivity index (χ1) is 10.5. The molecule has 1 aromatic rings. The first kappa shape index (κ1) is 16.6. The van der Waals surface area contributed by atoms with Crippen molar-refractivity contribution >= 4 is 29.1 Å². The Kier molecular flexibility index (Phi) is 5.66. The first-order valence-corrected chi connectivity index (χ1v) is 7.85. The number of carbonyl (C=O) groups excluding carboxylic acids is 2. The molecule has 22 heavy (non-hydrogen) atoms. The average molecular weight is 325 g/mol. The molecule has 0 bridgehead atoms. The number of nitrogens with one attached hydrogen (secondary N) is 1. The molecule has 1 fully saturated rings. The molecule has 0 radical (unpaired) electrons. The number of benzene rings is 1. The number of hydrogen-bond acceptors (Lipinski definition) is 3. The number of anilines is 1. The molecule has 1 aromatic carbocycles. The highest BCUT2D eigenvalue weighted by atomic mass is 35.5. The number of piperidine rings is 1. The second kappa shape index (κ2) is 7.49. The van der Waals surface area contributed by atoms with Crippen molar-refractivity contribution in [3.8, 4) is 5.75 Å². The number of amides is 2. The van der Waals surface area contributed by atoms with Gasteiger partial charge in [0, 0.05) is 25.6 Å². The van der Waals surface area contributed by atoms with Gasteiger partial charge in [0.2, 0.25) is 11.8 Å². The lowest BCUT2D eigenvalue weighted by Crippen LogP contribution is -2.43. The molecule has 1 aliphatic heterocycles. The maximum Gasteiger partial charge on any atom is 0.229 e. The monoisotopic (exact) mass is 324 g/mol. The molecule has 6 heteroatoms. The van der Waals surface area contributed by atoms with Crippen molar-refractivity contribution in [3.05, 3.63) is 23.2 Å². The van der Waals surface area contributed by atoms with Gasteiger partial charge in [-0.25, -0.2) is 0 Å². The molecule has 1 atom stereocenters. The Morgan fingerprint density at radius 1 is 1.45 bits per heavy atom. The van der Waals surface area contributed by atoms with Gasteiger partial charge in [0.25, 0.3) is 0 Å². The average Bonchev–Trinajstić information content (AvgIpc) is 2.55. The highest BCUT2D eigenvalue weighted by Gasteiger charge is 2.28. The van der Waals surface area contributed by atoms with Gasteiger partial charge in [-0.05, 0) is 25.0 Å². The lowest BCUT2D eigenvalue weighted by Gasteiger charge is -2.32. The molecule has 0 spiro atoms. The molecular formula is C16H21ClN2O3. The summed E-state index contributed by atoms with van der Waals surface area (Å²) in [4.78, 5) is 25.9. The lowest BCUT2D eigenvalue weighted by molar-refractivity contribution is -0.134. The number of halogens is 1. The van der Waals surface area contributed by atoms with Crippen LogP contribution >= 0.6 is 11.6 Å². The van der Waals surface area contributed by atoms with Crippen LogP contribution in [0.5, 0.6) is 5.75 Å². The zero-order valence-corrected chi connectivity index (χ0v) is 13.7. The molecular weight excluding hydrogens is 304 g/mol. The summed E-state index contributed by atoms with van der Waals surface area (Å²) in [5, 5.41) is 3.28. The third-order valence-corrected chi connectivity index (χ3v) is 4.19. The Labute approximate surface area is 135 Å². The second-order valence-electron chi connectivity index (χ2n) is 5.37. The van der Waals surface area contributed by atoms with Crippen LogP contribution in [0.25, 0.3) is 0 Å². The Hall–Kier alpha value is -1.75. The van der Waals surface area contributed by atoms with Crippen LogP contribution in [0.4, 0.5) is 5.69 Å². The van der Waals surface area contributed by atoms with Crippen LogP contribution in [0.3, 0.4) is 0 Å². The van der Waals surface area contributed by atoms with Crippen LogP contribution < -0.4 is 10.1 Å². The lowest BCUT2D eigenvalue weighted by atomic mass is 9.96. The number of hydrogen-bond donors (Lipinski definition) is 1. The molecule has 120 valence electrons. The van der Waals surface area contributed by atoms with Gasteiger partial charge in [-0.1, -0.05) is 18.5 Å². The van der Waals surface area contributed by atoms with Gasteiger partial charge < -0.3 is 15.0 Å². The van der Waals surface area contributed by atoms with Gasteiger partial charge in [-0.15, -0.1) is 0 Å². The van der Waals surface area contributed by atoms with Crippen LogP contribution in [-0.4, -0.2) is 36.9 Å². The van der Waals surface area contributed by atoms with E-state index in [2.05, 4.69) is 5.32 Å². The first-order valence-electron chi connectivity index (χ1n) is 7.47. The third kappa shape index (κ3) is 3.91. The van der Waals surface area contributed by atoms with E-state index in [4.69, 9.17) is 16.3 Å². The normalized spacial score (nSPS) is 18.0. The maximum atomic E-state index is 12.4. The molecule has 0 aromatic heterocycles.